The molecule has 2 rings (SSSR count). The number of methoxy groups -OCH3 is 1. The number of hydrogen-bond donors (Lipinski definition) is 0. The van der Waals surface area contributed by atoms with E-state index < -0.39 is 0 Å². The van der Waals surface area contributed by atoms with E-state index in [0.717, 1.165) is 15.9 Å². The zero-order valence-corrected chi connectivity index (χ0v) is 9.23. The van der Waals surface area contributed by atoms with Crippen molar-refractivity contribution in [2.24, 2.45) is 0 Å². The molecule has 0 spiro atoms. The number of ether oxygens (including phenoxy) is 1. The Morgan fingerprint density at radius 2 is 2.14 bits per heavy atom. The third kappa shape index (κ3) is 1.65. The smallest absolute Gasteiger partial charge is 0.144 e. The second-order valence-electron chi connectivity index (χ2n) is 2.77. The summed E-state index contributed by atoms with van der Waals surface area (Å²) in [5, 5.41) is 4.18. The number of hydrogen-bond acceptors (Lipinski definition) is 2. The highest BCUT2D eigenvalue weighted by atomic mass is 79.9. The lowest BCUT2D eigenvalue weighted by Gasteiger charge is -2.06. The SMILES string of the molecule is COc1ccccc1-n1cc(Br)cn1. The van der Waals surface area contributed by atoms with E-state index in [-0.39, 0.29) is 0 Å². The first-order chi connectivity index (χ1) is 6.81. The van der Waals surface area contributed by atoms with E-state index in [1.54, 1.807) is 18.0 Å². The number of halogens is 1. The first-order valence-electron chi connectivity index (χ1n) is 4.15. The maximum absolute atomic E-state index is 5.23. The Hall–Kier alpha value is -1.29. The van der Waals surface area contributed by atoms with Gasteiger partial charge in [-0.15, -0.1) is 0 Å². The standard InChI is InChI=1S/C10H9BrN2O/c1-14-10-5-3-2-4-9(10)13-7-8(11)6-12-13/h2-7H,1H3. The van der Waals surface area contributed by atoms with Crippen LogP contribution in [0, 0.1) is 0 Å². The molecule has 0 amide bonds. The van der Waals surface area contributed by atoms with Crippen LogP contribution >= 0.6 is 15.9 Å². The maximum Gasteiger partial charge on any atom is 0.144 e. The van der Waals surface area contributed by atoms with Crippen molar-refractivity contribution in [2.45, 2.75) is 0 Å². The Morgan fingerprint density at radius 1 is 1.36 bits per heavy atom. The predicted molar refractivity (Wildman–Crippen MR) is 57.8 cm³/mol. The molecule has 2 aromatic rings. The van der Waals surface area contributed by atoms with Gasteiger partial charge >= 0.3 is 0 Å². The molecule has 3 nitrogen and oxygen atoms in total. The highest BCUT2D eigenvalue weighted by Gasteiger charge is 2.04. The van der Waals surface area contributed by atoms with Crippen LogP contribution in [-0.2, 0) is 0 Å². The summed E-state index contributed by atoms with van der Waals surface area (Å²) in [5.41, 5.74) is 0.931. The van der Waals surface area contributed by atoms with E-state index in [4.69, 9.17) is 4.74 Å². The molecule has 0 aliphatic heterocycles. The average Bonchev–Trinajstić information content (AvgIpc) is 2.65. The first kappa shape index (κ1) is 9.27. The molecule has 1 heterocycles. The van der Waals surface area contributed by atoms with Crippen LogP contribution in [0.15, 0.2) is 41.1 Å². The van der Waals surface area contributed by atoms with Gasteiger partial charge in [-0.1, -0.05) is 12.1 Å². The lowest BCUT2D eigenvalue weighted by atomic mass is 10.3. The normalized spacial score (nSPS) is 10.1. The average molecular weight is 253 g/mol. The summed E-state index contributed by atoms with van der Waals surface area (Å²) in [6.07, 6.45) is 3.63. The van der Waals surface area contributed by atoms with Crippen molar-refractivity contribution in [3.8, 4) is 11.4 Å². The Balaban J connectivity index is 2.50. The lowest BCUT2D eigenvalue weighted by Crippen LogP contribution is -1.97. The summed E-state index contributed by atoms with van der Waals surface area (Å²) in [4.78, 5) is 0. The molecule has 0 N–H and O–H groups in total. The number of benzene rings is 1. The number of para-hydroxylation sites is 2. The van der Waals surface area contributed by atoms with Crippen molar-refractivity contribution in [1.82, 2.24) is 9.78 Å². The van der Waals surface area contributed by atoms with Gasteiger partial charge in [0.1, 0.15) is 11.4 Å². The molecule has 0 aliphatic rings. The van der Waals surface area contributed by atoms with Crippen LogP contribution in [0.2, 0.25) is 0 Å². The monoisotopic (exact) mass is 252 g/mol. The van der Waals surface area contributed by atoms with Crippen molar-refractivity contribution < 1.29 is 4.74 Å². The van der Waals surface area contributed by atoms with Crippen molar-refractivity contribution in [3.05, 3.63) is 41.1 Å². The fraction of sp³-hybridized carbons (Fsp3) is 0.100. The molecular weight excluding hydrogens is 244 g/mol. The zero-order valence-electron chi connectivity index (χ0n) is 7.64. The molecule has 0 atom stereocenters. The molecule has 0 saturated heterocycles. The summed E-state index contributed by atoms with van der Waals surface area (Å²) >= 11 is 3.35. The van der Waals surface area contributed by atoms with Crippen LogP contribution in [0.4, 0.5) is 0 Å². The number of aromatic nitrogens is 2. The van der Waals surface area contributed by atoms with Gasteiger partial charge in [-0.05, 0) is 28.1 Å². The molecule has 0 saturated carbocycles. The second-order valence-corrected chi connectivity index (χ2v) is 3.69. The van der Waals surface area contributed by atoms with Crippen LogP contribution in [0.25, 0.3) is 5.69 Å². The van der Waals surface area contributed by atoms with Crippen molar-refractivity contribution in [1.29, 1.82) is 0 Å². The third-order valence-corrected chi connectivity index (χ3v) is 2.29. The van der Waals surface area contributed by atoms with E-state index in [1.807, 2.05) is 30.5 Å². The van der Waals surface area contributed by atoms with Gasteiger partial charge in [0.05, 0.1) is 17.8 Å². The maximum atomic E-state index is 5.23. The highest BCUT2D eigenvalue weighted by molar-refractivity contribution is 9.10. The molecule has 0 radical (unpaired) electrons. The predicted octanol–water partition coefficient (Wildman–Crippen LogP) is 2.64. The summed E-state index contributed by atoms with van der Waals surface area (Å²) in [7, 11) is 1.65. The topological polar surface area (TPSA) is 27.1 Å². The van der Waals surface area contributed by atoms with Gasteiger partial charge in [0, 0.05) is 6.20 Å². The Bertz CT molecular complexity index is 439. The van der Waals surface area contributed by atoms with E-state index in [1.165, 1.54) is 0 Å². The van der Waals surface area contributed by atoms with Gasteiger partial charge in [-0.3, -0.25) is 0 Å². The van der Waals surface area contributed by atoms with Gasteiger partial charge in [-0.25, -0.2) is 4.68 Å². The quantitative estimate of drug-likeness (QED) is 0.822. The molecule has 4 heteroatoms. The minimum Gasteiger partial charge on any atom is -0.494 e. The molecular formula is C10H9BrN2O. The zero-order chi connectivity index (χ0) is 9.97. The Kier molecular flexibility index (Phi) is 2.54. The van der Waals surface area contributed by atoms with Gasteiger partial charge in [-0.2, -0.15) is 5.10 Å². The van der Waals surface area contributed by atoms with E-state index in [2.05, 4.69) is 21.0 Å². The van der Waals surface area contributed by atoms with Crippen molar-refractivity contribution in [3.63, 3.8) is 0 Å². The third-order valence-electron chi connectivity index (χ3n) is 1.88. The largest absolute Gasteiger partial charge is 0.494 e. The molecule has 0 aliphatic carbocycles. The Labute approximate surface area is 90.4 Å². The van der Waals surface area contributed by atoms with Gasteiger partial charge < -0.3 is 4.74 Å². The van der Waals surface area contributed by atoms with Gasteiger partial charge in [0.2, 0.25) is 0 Å². The first-order valence-corrected chi connectivity index (χ1v) is 4.94. The summed E-state index contributed by atoms with van der Waals surface area (Å²) in [6, 6.07) is 7.75. The van der Waals surface area contributed by atoms with Gasteiger partial charge in [0.25, 0.3) is 0 Å². The van der Waals surface area contributed by atoms with Crippen molar-refractivity contribution >= 4 is 15.9 Å². The minimum atomic E-state index is 0.808. The molecule has 72 valence electrons. The van der Waals surface area contributed by atoms with Crippen LogP contribution < -0.4 is 4.74 Å². The summed E-state index contributed by atoms with van der Waals surface area (Å²) in [6.45, 7) is 0. The van der Waals surface area contributed by atoms with Crippen LogP contribution in [-0.4, -0.2) is 16.9 Å². The number of nitrogens with zero attached hydrogens (tertiary/aromatic N) is 2. The second kappa shape index (κ2) is 3.84. The van der Waals surface area contributed by atoms with Crippen molar-refractivity contribution in [2.75, 3.05) is 7.11 Å². The number of rotatable bonds is 2. The Morgan fingerprint density at radius 3 is 2.79 bits per heavy atom. The molecule has 1 aromatic heterocycles. The molecule has 1 aromatic carbocycles. The van der Waals surface area contributed by atoms with E-state index in [9.17, 15) is 0 Å². The molecule has 14 heavy (non-hydrogen) atoms. The fourth-order valence-electron chi connectivity index (χ4n) is 1.25. The fourth-order valence-corrected chi connectivity index (χ4v) is 1.54. The van der Waals surface area contributed by atoms with Gasteiger partial charge in [0.15, 0.2) is 0 Å². The summed E-state index contributed by atoms with van der Waals surface area (Å²) < 4.78 is 7.95. The molecule has 0 fully saturated rings. The van der Waals surface area contributed by atoms with E-state index >= 15 is 0 Å². The van der Waals surface area contributed by atoms with Crippen LogP contribution in [0.1, 0.15) is 0 Å². The van der Waals surface area contributed by atoms with Crippen LogP contribution in [0.5, 0.6) is 5.75 Å². The molecule has 0 unspecified atom stereocenters. The summed E-state index contributed by atoms with van der Waals surface area (Å²) in [5.74, 6) is 0.808. The van der Waals surface area contributed by atoms with Crippen LogP contribution in [0.3, 0.4) is 0 Å². The lowest BCUT2D eigenvalue weighted by molar-refractivity contribution is 0.411. The minimum absolute atomic E-state index is 0.808. The highest BCUT2D eigenvalue weighted by Crippen LogP contribution is 2.22. The molecule has 0 bridgehead atoms. The van der Waals surface area contributed by atoms with E-state index in [0.29, 0.717) is 0 Å².